The number of phenols is 1. The van der Waals surface area contributed by atoms with Crippen LogP contribution in [0.2, 0.25) is 0 Å². The molecule has 0 amide bonds. The van der Waals surface area contributed by atoms with Crippen molar-refractivity contribution in [3.8, 4) is 5.75 Å². The Morgan fingerprint density at radius 2 is 1.58 bits per heavy atom. The summed E-state index contributed by atoms with van der Waals surface area (Å²) < 4.78 is 0. The monoisotopic (exact) mass is 369 g/mol. The van der Waals surface area contributed by atoms with Crippen LogP contribution < -0.4 is 5.84 Å². The molecule has 0 radical (unpaired) electrons. The molecule has 0 spiro atoms. The number of fused-ring (bicyclic) bond motifs is 2. The lowest BCUT2D eigenvalue weighted by Crippen LogP contribution is -2.40. The van der Waals surface area contributed by atoms with E-state index in [1.807, 2.05) is 5.01 Å². The molecule has 1 aliphatic carbocycles. The second kappa shape index (κ2) is 6.80. The highest BCUT2D eigenvalue weighted by molar-refractivity contribution is 5.64. The van der Waals surface area contributed by atoms with E-state index in [1.165, 1.54) is 12.8 Å². The Kier molecular flexibility index (Phi) is 5.09. The third-order valence-corrected chi connectivity index (χ3v) is 5.19. The summed E-state index contributed by atoms with van der Waals surface area (Å²) in [7, 11) is 0. The second-order valence-corrected chi connectivity index (χ2v) is 6.91. The molecule has 1 heterocycles. The van der Waals surface area contributed by atoms with E-state index in [0.29, 0.717) is 23.6 Å². The van der Waals surface area contributed by atoms with Crippen molar-refractivity contribution < 1.29 is 19.9 Å². The quantitative estimate of drug-likeness (QED) is 0.458. The highest BCUT2D eigenvalue weighted by Crippen LogP contribution is 2.50. The first-order valence-electron chi connectivity index (χ1n) is 7.78. The van der Waals surface area contributed by atoms with E-state index in [1.54, 1.807) is 0 Å². The molecule has 1 aromatic rings. The predicted molar refractivity (Wildman–Crippen MR) is 89.3 cm³/mol. The zero-order valence-corrected chi connectivity index (χ0v) is 14.2. The fourth-order valence-electron chi connectivity index (χ4n) is 3.65. The molecule has 3 N–H and O–H groups in total. The predicted octanol–water partition coefficient (Wildman–Crippen LogP) is 2.10. The molecular weight excluding hydrogens is 350 g/mol. The molecule has 1 saturated heterocycles. The van der Waals surface area contributed by atoms with E-state index < -0.39 is 37.6 Å². The van der Waals surface area contributed by atoms with Gasteiger partial charge in [-0.25, -0.2) is 5.01 Å². The van der Waals surface area contributed by atoms with Gasteiger partial charge in [0.25, 0.3) is 11.4 Å². The van der Waals surface area contributed by atoms with Crippen LogP contribution in [0.4, 0.5) is 17.1 Å². The van der Waals surface area contributed by atoms with Crippen molar-refractivity contribution in [1.29, 1.82) is 0 Å². The SMILES string of the molecule is CC1(C)C2CCC1N(N)C2.O=[N+]([O-])c1cc([N+](=O)[O-])c(O)c([N+](=O)[O-])c1. The fourth-order valence-corrected chi connectivity index (χ4v) is 3.65. The molecular formula is C14H19N5O7. The number of phenolic OH excluding ortho intramolecular Hbond substituents is 1. The lowest BCUT2D eigenvalue weighted by Gasteiger charge is -2.25. The van der Waals surface area contributed by atoms with Crippen molar-refractivity contribution >= 4 is 17.1 Å². The first kappa shape index (κ1) is 19.5. The van der Waals surface area contributed by atoms with E-state index in [4.69, 9.17) is 10.9 Å². The van der Waals surface area contributed by atoms with Gasteiger partial charge >= 0.3 is 11.4 Å². The molecule has 12 nitrogen and oxygen atoms in total. The summed E-state index contributed by atoms with van der Waals surface area (Å²) in [5.41, 5.74) is -2.51. The van der Waals surface area contributed by atoms with Crippen molar-refractivity contribution in [2.24, 2.45) is 17.2 Å². The number of hydrogen-bond donors (Lipinski definition) is 2. The summed E-state index contributed by atoms with van der Waals surface area (Å²) in [4.78, 5) is 27.8. The molecule has 142 valence electrons. The Morgan fingerprint density at radius 1 is 1.08 bits per heavy atom. The smallest absolute Gasteiger partial charge is 0.324 e. The number of rotatable bonds is 3. The van der Waals surface area contributed by atoms with Crippen LogP contribution in [0.25, 0.3) is 0 Å². The topological polar surface area (TPSA) is 179 Å². The van der Waals surface area contributed by atoms with Gasteiger partial charge in [0.1, 0.15) is 0 Å². The van der Waals surface area contributed by atoms with Crippen molar-refractivity contribution in [2.75, 3.05) is 6.54 Å². The van der Waals surface area contributed by atoms with Gasteiger partial charge in [-0.05, 0) is 24.2 Å². The number of nitrogens with zero attached hydrogens (tertiary/aromatic N) is 4. The van der Waals surface area contributed by atoms with Gasteiger partial charge in [-0.2, -0.15) is 0 Å². The highest BCUT2D eigenvalue weighted by atomic mass is 16.6. The summed E-state index contributed by atoms with van der Waals surface area (Å²) in [6, 6.07) is 1.56. The van der Waals surface area contributed by atoms with Crippen LogP contribution in [0.5, 0.6) is 5.75 Å². The standard InChI is InChI=1S/C8H16N2.C6H3N3O7/c1-8(2)6-3-4-7(8)10(9)5-6;10-6-4(8(13)14)1-3(7(11)12)2-5(6)9(15)16/h6-7H,3-5,9H2,1-2H3;1-2,10H. The van der Waals surface area contributed by atoms with Gasteiger partial charge in [0.15, 0.2) is 0 Å². The van der Waals surface area contributed by atoms with Crippen molar-refractivity contribution in [3.05, 3.63) is 42.5 Å². The Hall–Kier alpha value is -2.86. The van der Waals surface area contributed by atoms with Crippen molar-refractivity contribution in [2.45, 2.75) is 32.7 Å². The van der Waals surface area contributed by atoms with Gasteiger partial charge in [0.2, 0.25) is 0 Å². The van der Waals surface area contributed by atoms with E-state index in [-0.39, 0.29) is 0 Å². The van der Waals surface area contributed by atoms with Crippen LogP contribution in [0.1, 0.15) is 26.7 Å². The number of nitro groups is 3. The number of nitro benzene ring substituents is 3. The molecule has 1 aliphatic heterocycles. The summed E-state index contributed by atoms with van der Waals surface area (Å²) in [6.45, 7) is 5.82. The highest BCUT2D eigenvalue weighted by Gasteiger charge is 2.51. The van der Waals surface area contributed by atoms with Crippen molar-refractivity contribution in [3.63, 3.8) is 0 Å². The van der Waals surface area contributed by atoms with Crippen LogP contribution >= 0.6 is 0 Å². The van der Waals surface area contributed by atoms with E-state index >= 15 is 0 Å². The van der Waals surface area contributed by atoms with Gasteiger partial charge in [-0.3, -0.25) is 36.2 Å². The van der Waals surface area contributed by atoms with Gasteiger partial charge in [0, 0.05) is 12.6 Å². The molecule has 2 unspecified atom stereocenters. The number of hydrogen-bond acceptors (Lipinski definition) is 9. The number of nitrogens with two attached hydrogens (primary N) is 1. The Labute approximate surface area is 147 Å². The molecule has 12 heteroatoms. The van der Waals surface area contributed by atoms with Crippen molar-refractivity contribution in [1.82, 2.24) is 5.01 Å². The molecule has 3 rings (SSSR count). The molecule has 1 aromatic carbocycles. The molecule has 1 saturated carbocycles. The van der Waals surface area contributed by atoms with Crippen LogP contribution in [-0.2, 0) is 0 Å². The normalized spacial score (nSPS) is 23.2. The van der Waals surface area contributed by atoms with Gasteiger partial charge < -0.3 is 5.11 Å². The minimum atomic E-state index is -1.21. The number of benzene rings is 1. The van der Waals surface area contributed by atoms with Crippen LogP contribution in [0.15, 0.2) is 12.1 Å². The average Bonchev–Trinajstić information content (AvgIpc) is 2.93. The van der Waals surface area contributed by atoms with Gasteiger partial charge in [0.05, 0.1) is 26.9 Å². The van der Waals surface area contributed by atoms with Crippen LogP contribution in [-0.4, -0.2) is 37.5 Å². The van der Waals surface area contributed by atoms with E-state index in [0.717, 1.165) is 12.5 Å². The Bertz CT molecular complexity index is 731. The number of hydrazine groups is 1. The maximum Gasteiger partial charge on any atom is 0.324 e. The Balaban J connectivity index is 0.000000206. The average molecular weight is 369 g/mol. The van der Waals surface area contributed by atoms with Gasteiger partial charge in [-0.1, -0.05) is 13.8 Å². The molecule has 2 bridgehead atoms. The van der Waals surface area contributed by atoms with Crippen LogP contribution in [0.3, 0.4) is 0 Å². The maximum absolute atomic E-state index is 10.4. The minimum absolute atomic E-state index is 0.447. The van der Waals surface area contributed by atoms with Gasteiger partial charge in [-0.15, -0.1) is 0 Å². The van der Waals surface area contributed by atoms with E-state index in [9.17, 15) is 30.3 Å². The van der Waals surface area contributed by atoms with E-state index in [2.05, 4.69) is 13.8 Å². The fraction of sp³-hybridized carbons (Fsp3) is 0.571. The van der Waals surface area contributed by atoms with Crippen LogP contribution in [0, 0.1) is 41.7 Å². The summed E-state index contributed by atoms with van der Waals surface area (Å²) >= 11 is 0. The summed E-state index contributed by atoms with van der Waals surface area (Å²) in [6.07, 6.45) is 2.71. The lowest BCUT2D eigenvalue weighted by molar-refractivity contribution is -0.404. The Morgan fingerprint density at radius 3 is 1.81 bits per heavy atom. The number of piperidine rings is 1. The molecule has 2 aliphatic rings. The molecule has 26 heavy (non-hydrogen) atoms. The first-order valence-corrected chi connectivity index (χ1v) is 7.78. The maximum atomic E-state index is 10.4. The minimum Gasteiger partial charge on any atom is -0.497 e. The first-order chi connectivity index (χ1) is 12.0. The zero-order chi connectivity index (χ0) is 19.8. The number of aromatic hydroxyl groups is 1. The number of non-ortho nitro benzene ring substituents is 1. The molecule has 0 aromatic heterocycles. The molecule has 2 fully saturated rings. The summed E-state index contributed by atoms with van der Waals surface area (Å²) in [5, 5.41) is 42.2. The summed E-state index contributed by atoms with van der Waals surface area (Å²) in [5.74, 6) is 5.48. The third kappa shape index (κ3) is 3.41. The third-order valence-electron chi connectivity index (χ3n) is 5.19. The largest absolute Gasteiger partial charge is 0.497 e. The zero-order valence-electron chi connectivity index (χ0n) is 14.2. The molecule has 2 atom stereocenters. The lowest BCUT2D eigenvalue weighted by atomic mass is 9.83. The second-order valence-electron chi connectivity index (χ2n) is 6.91.